The summed E-state index contributed by atoms with van der Waals surface area (Å²) in [4.78, 5) is 15.1. The topological polar surface area (TPSA) is 32.3 Å². The summed E-state index contributed by atoms with van der Waals surface area (Å²) in [5.74, 6) is 0.141. The third kappa shape index (κ3) is 3.22. The van der Waals surface area contributed by atoms with Gasteiger partial charge in [-0.05, 0) is 41.2 Å². The highest BCUT2D eigenvalue weighted by atomic mass is 79.9. The fraction of sp³-hybridized carbons (Fsp3) is 0.545. The van der Waals surface area contributed by atoms with E-state index in [1.54, 1.807) is 0 Å². The molecule has 1 aliphatic heterocycles. The first-order valence-corrected chi connectivity index (χ1v) is 7.04. The third-order valence-corrected chi connectivity index (χ3v) is 4.66. The molecule has 2 unspecified atom stereocenters. The Labute approximate surface area is 120 Å². The number of nitrogens with zero attached hydrogens (tertiary/aromatic N) is 1. The normalized spacial score (nSPS) is 24.3. The molecule has 3 nitrogen and oxygen atoms in total. The maximum atomic E-state index is 12.3. The summed E-state index contributed by atoms with van der Waals surface area (Å²) in [6.07, 6.45) is 0. The molecule has 17 heavy (non-hydrogen) atoms. The summed E-state index contributed by atoms with van der Waals surface area (Å²) in [5, 5.41) is 5.31. The Morgan fingerprint density at radius 1 is 1.59 bits per heavy atom. The molecule has 1 aromatic rings. The van der Waals surface area contributed by atoms with E-state index in [-0.39, 0.29) is 24.4 Å². The van der Waals surface area contributed by atoms with Gasteiger partial charge in [-0.1, -0.05) is 0 Å². The van der Waals surface area contributed by atoms with E-state index in [1.807, 2.05) is 16.3 Å². The number of amides is 1. The molecule has 1 aromatic heterocycles. The molecule has 0 bridgehead atoms. The number of rotatable bonds is 1. The maximum Gasteiger partial charge on any atom is 0.265 e. The molecule has 96 valence electrons. The first kappa shape index (κ1) is 15.0. The Morgan fingerprint density at radius 3 is 2.88 bits per heavy atom. The Hall–Kier alpha value is -0.100. The van der Waals surface area contributed by atoms with Crippen LogP contribution in [-0.4, -0.2) is 36.0 Å². The SMILES string of the molecule is CC1CN(C(=O)c2sccc2Br)C(C)CN1.Cl. The Morgan fingerprint density at radius 2 is 2.29 bits per heavy atom. The highest BCUT2D eigenvalue weighted by Gasteiger charge is 2.28. The van der Waals surface area contributed by atoms with Crippen LogP contribution in [0.2, 0.25) is 0 Å². The average Bonchev–Trinajstić information content (AvgIpc) is 2.67. The van der Waals surface area contributed by atoms with Gasteiger partial charge in [0.25, 0.3) is 5.91 Å². The molecule has 2 rings (SSSR count). The second kappa shape index (κ2) is 6.18. The maximum absolute atomic E-state index is 12.3. The lowest BCUT2D eigenvalue weighted by molar-refractivity contribution is 0.0620. The lowest BCUT2D eigenvalue weighted by Crippen LogP contribution is -2.56. The van der Waals surface area contributed by atoms with E-state index < -0.39 is 0 Å². The first-order chi connectivity index (χ1) is 7.59. The third-order valence-electron chi connectivity index (χ3n) is 2.84. The quantitative estimate of drug-likeness (QED) is 0.853. The van der Waals surface area contributed by atoms with Crippen LogP contribution in [0.1, 0.15) is 23.5 Å². The molecule has 2 atom stereocenters. The molecule has 0 spiro atoms. The monoisotopic (exact) mass is 338 g/mol. The number of hydrogen-bond acceptors (Lipinski definition) is 3. The van der Waals surface area contributed by atoms with Gasteiger partial charge in [0.05, 0.1) is 0 Å². The first-order valence-electron chi connectivity index (χ1n) is 5.37. The number of hydrogen-bond donors (Lipinski definition) is 1. The van der Waals surface area contributed by atoms with E-state index in [1.165, 1.54) is 11.3 Å². The van der Waals surface area contributed by atoms with E-state index in [0.29, 0.717) is 6.04 Å². The second-order valence-corrected chi connectivity index (χ2v) is 5.98. The Kier molecular flexibility index (Phi) is 5.44. The molecule has 6 heteroatoms. The molecule has 2 heterocycles. The van der Waals surface area contributed by atoms with Crippen LogP contribution < -0.4 is 5.32 Å². The van der Waals surface area contributed by atoms with Crippen molar-refractivity contribution in [1.29, 1.82) is 0 Å². The highest BCUT2D eigenvalue weighted by molar-refractivity contribution is 9.10. The van der Waals surface area contributed by atoms with E-state index >= 15 is 0 Å². The van der Waals surface area contributed by atoms with Crippen LogP contribution in [0.4, 0.5) is 0 Å². The number of carbonyl (C=O) groups is 1. The predicted molar refractivity (Wildman–Crippen MR) is 77.2 cm³/mol. The summed E-state index contributed by atoms with van der Waals surface area (Å²) in [7, 11) is 0. The van der Waals surface area contributed by atoms with Crippen LogP contribution in [0.25, 0.3) is 0 Å². The largest absolute Gasteiger partial charge is 0.332 e. The molecule has 0 aromatic carbocycles. The van der Waals surface area contributed by atoms with Gasteiger partial charge in [0, 0.05) is 29.6 Å². The van der Waals surface area contributed by atoms with Crippen molar-refractivity contribution in [3.05, 3.63) is 20.8 Å². The zero-order valence-electron chi connectivity index (χ0n) is 9.77. The van der Waals surface area contributed by atoms with Crippen molar-refractivity contribution in [3.8, 4) is 0 Å². The fourth-order valence-electron chi connectivity index (χ4n) is 1.88. The summed E-state index contributed by atoms with van der Waals surface area (Å²) >= 11 is 4.91. The van der Waals surface area contributed by atoms with Crippen molar-refractivity contribution in [3.63, 3.8) is 0 Å². The fourth-order valence-corrected chi connectivity index (χ4v) is 3.38. The smallest absolute Gasteiger partial charge is 0.265 e. The lowest BCUT2D eigenvalue weighted by atomic mass is 10.1. The van der Waals surface area contributed by atoms with Crippen LogP contribution in [0, 0.1) is 0 Å². The van der Waals surface area contributed by atoms with Crippen LogP contribution in [0.15, 0.2) is 15.9 Å². The molecular weight excluding hydrogens is 324 g/mol. The van der Waals surface area contributed by atoms with Gasteiger partial charge in [0.2, 0.25) is 0 Å². The van der Waals surface area contributed by atoms with Crippen LogP contribution in [0.3, 0.4) is 0 Å². The van der Waals surface area contributed by atoms with Crippen molar-refractivity contribution in [1.82, 2.24) is 10.2 Å². The predicted octanol–water partition coefficient (Wildman–Crippen LogP) is 2.75. The average molecular weight is 340 g/mol. The molecule has 0 radical (unpaired) electrons. The summed E-state index contributed by atoms with van der Waals surface area (Å²) in [6, 6.07) is 2.56. The molecule has 1 saturated heterocycles. The van der Waals surface area contributed by atoms with Gasteiger partial charge in [0.1, 0.15) is 4.88 Å². The Balaban J connectivity index is 0.00000144. The lowest BCUT2D eigenvalue weighted by Gasteiger charge is -2.37. The minimum absolute atomic E-state index is 0. The Bertz CT molecular complexity index is 399. The van der Waals surface area contributed by atoms with Crippen LogP contribution >= 0.6 is 39.7 Å². The molecule has 1 aliphatic rings. The minimum Gasteiger partial charge on any atom is -0.332 e. The molecule has 1 amide bonds. The van der Waals surface area contributed by atoms with Crippen LogP contribution in [-0.2, 0) is 0 Å². The van der Waals surface area contributed by atoms with E-state index in [2.05, 4.69) is 35.1 Å². The summed E-state index contributed by atoms with van der Waals surface area (Å²) < 4.78 is 0.904. The zero-order valence-corrected chi connectivity index (χ0v) is 13.0. The van der Waals surface area contributed by atoms with Gasteiger partial charge in [-0.15, -0.1) is 23.7 Å². The van der Waals surface area contributed by atoms with Gasteiger partial charge in [0.15, 0.2) is 0 Å². The molecule has 1 fully saturated rings. The number of thiophene rings is 1. The number of nitrogens with one attached hydrogen (secondary N) is 1. The van der Waals surface area contributed by atoms with Crippen molar-refractivity contribution in [2.24, 2.45) is 0 Å². The minimum atomic E-state index is 0. The number of carbonyl (C=O) groups excluding carboxylic acids is 1. The van der Waals surface area contributed by atoms with Gasteiger partial charge in [-0.3, -0.25) is 4.79 Å². The molecule has 0 aliphatic carbocycles. The number of halogens is 2. The van der Waals surface area contributed by atoms with Crippen molar-refractivity contribution in [2.45, 2.75) is 25.9 Å². The highest BCUT2D eigenvalue weighted by Crippen LogP contribution is 2.25. The summed E-state index contributed by atoms with van der Waals surface area (Å²) in [5.41, 5.74) is 0. The van der Waals surface area contributed by atoms with E-state index in [0.717, 1.165) is 22.4 Å². The van der Waals surface area contributed by atoms with Crippen molar-refractivity contribution in [2.75, 3.05) is 13.1 Å². The standard InChI is InChI=1S/C11H15BrN2OS.ClH/c1-7-6-14(8(2)5-13-7)11(15)10-9(12)3-4-16-10;/h3-4,7-8,13H,5-6H2,1-2H3;1H. The molecule has 0 saturated carbocycles. The van der Waals surface area contributed by atoms with Gasteiger partial charge in [-0.25, -0.2) is 0 Å². The van der Waals surface area contributed by atoms with Gasteiger partial charge < -0.3 is 10.2 Å². The van der Waals surface area contributed by atoms with Crippen molar-refractivity contribution < 1.29 is 4.79 Å². The van der Waals surface area contributed by atoms with E-state index in [4.69, 9.17) is 0 Å². The van der Waals surface area contributed by atoms with Crippen LogP contribution in [0.5, 0.6) is 0 Å². The van der Waals surface area contributed by atoms with Gasteiger partial charge in [-0.2, -0.15) is 0 Å². The number of piperazine rings is 1. The van der Waals surface area contributed by atoms with Gasteiger partial charge >= 0.3 is 0 Å². The molecule has 1 N–H and O–H groups in total. The van der Waals surface area contributed by atoms with Crippen molar-refractivity contribution >= 4 is 45.6 Å². The van der Waals surface area contributed by atoms with E-state index in [9.17, 15) is 4.79 Å². The molecular formula is C11H16BrClN2OS. The summed E-state index contributed by atoms with van der Waals surface area (Å²) in [6.45, 7) is 5.84. The second-order valence-electron chi connectivity index (χ2n) is 4.21. The zero-order chi connectivity index (χ0) is 11.7.